The molecule has 0 radical (unpaired) electrons. The molecule has 1 rings (SSSR count). The molecule has 116 valence electrons. The normalized spacial score (nSPS) is 9.20. The average Bonchev–Trinajstić information content (AvgIpc) is 2.29. The van der Waals surface area contributed by atoms with Gasteiger partial charge in [-0.3, -0.25) is 4.79 Å². The van der Waals surface area contributed by atoms with Crippen molar-refractivity contribution >= 4 is 53.7 Å². The van der Waals surface area contributed by atoms with Gasteiger partial charge in [0, 0.05) is 25.5 Å². The van der Waals surface area contributed by atoms with Gasteiger partial charge in [-0.25, -0.2) is 0 Å². The molecule has 1 aromatic carbocycles. The smallest absolute Gasteiger partial charge is 0.224 e. The van der Waals surface area contributed by atoms with Crippen molar-refractivity contribution in [2.45, 2.75) is 12.8 Å². The van der Waals surface area contributed by atoms with E-state index >= 15 is 0 Å². The number of carbonyl (C=O) groups is 1. The number of hydrogen-bond acceptors (Lipinski definition) is 3. The lowest BCUT2D eigenvalue weighted by molar-refractivity contribution is -0.116. The summed E-state index contributed by atoms with van der Waals surface area (Å²) >= 11 is 5.95. The summed E-state index contributed by atoms with van der Waals surface area (Å²) in [6.45, 7) is 0.837. The standard InChI is InChI=1S/C13H20ClN3O.2ClH/c1-15-8-4-5-13(18)16-11-9-10(14)6-7-12(11)17(2)3;;/h6-7,9,15H,4-5,8H2,1-3H3,(H,16,18);2*1H. The van der Waals surface area contributed by atoms with Crippen molar-refractivity contribution in [2.75, 3.05) is 37.9 Å². The third kappa shape index (κ3) is 7.20. The van der Waals surface area contributed by atoms with E-state index in [1.165, 1.54) is 0 Å². The van der Waals surface area contributed by atoms with Gasteiger partial charge in [-0.1, -0.05) is 11.6 Å². The molecule has 0 spiro atoms. The van der Waals surface area contributed by atoms with Gasteiger partial charge in [-0.15, -0.1) is 24.8 Å². The maximum atomic E-state index is 11.8. The molecule has 0 aliphatic rings. The van der Waals surface area contributed by atoms with Crippen molar-refractivity contribution < 1.29 is 4.79 Å². The lowest BCUT2D eigenvalue weighted by Gasteiger charge is -2.18. The molecule has 0 aliphatic carbocycles. The second kappa shape index (κ2) is 11.0. The van der Waals surface area contributed by atoms with Gasteiger partial charge in [0.1, 0.15) is 0 Å². The Labute approximate surface area is 138 Å². The topological polar surface area (TPSA) is 44.4 Å². The number of rotatable bonds is 6. The first-order valence-corrected chi connectivity index (χ1v) is 6.33. The Bertz CT molecular complexity index is 414. The first kappa shape index (κ1) is 21.6. The van der Waals surface area contributed by atoms with Crippen molar-refractivity contribution in [2.24, 2.45) is 0 Å². The molecule has 0 heterocycles. The highest BCUT2D eigenvalue weighted by Crippen LogP contribution is 2.27. The van der Waals surface area contributed by atoms with Crippen molar-refractivity contribution in [1.82, 2.24) is 5.32 Å². The van der Waals surface area contributed by atoms with Crippen molar-refractivity contribution in [3.05, 3.63) is 23.2 Å². The fourth-order valence-corrected chi connectivity index (χ4v) is 1.81. The molecule has 0 fully saturated rings. The van der Waals surface area contributed by atoms with Gasteiger partial charge >= 0.3 is 0 Å². The largest absolute Gasteiger partial charge is 0.376 e. The van der Waals surface area contributed by atoms with Crippen molar-refractivity contribution in [3.63, 3.8) is 0 Å². The Morgan fingerprint density at radius 3 is 2.50 bits per heavy atom. The summed E-state index contributed by atoms with van der Waals surface area (Å²) in [5.41, 5.74) is 1.70. The highest BCUT2D eigenvalue weighted by Gasteiger charge is 2.08. The van der Waals surface area contributed by atoms with E-state index < -0.39 is 0 Å². The van der Waals surface area contributed by atoms with Gasteiger partial charge in [0.05, 0.1) is 11.4 Å². The number of nitrogens with zero attached hydrogens (tertiary/aromatic N) is 1. The Kier molecular flexibility index (Phi) is 11.9. The summed E-state index contributed by atoms with van der Waals surface area (Å²) in [5, 5.41) is 6.53. The van der Waals surface area contributed by atoms with Gasteiger partial charge in [-0.2, -0.15) is 0 Å². The number of nitrogens with one attached hydrogen (secondary N) is 2. The minimum Gasteiger partial charge on any atom is -0.376 e. The van der Waals surface area contributed by atoms with E-state index in [9.17, 15) is 4.79 Å². The summed E-state index contributed by atoms with van der Waals surface area (Å²) in [7, 11) is 5.73. The Morgan fingerprint density at radius 1 is 1.30 bits per heavy atom. The zero-order valence-electron chi connectivity index (χ0n) is 11.9. The molecule has 0 unspecified atom stereocenters. The Balaban J connectivity index is 0. The molecular formula is C13H22Cl3N3O. The fourth-order valence-electron chi connectivity index (χ4n) is 1.64. The van der Waals surface area contributed by atoms with Crippen LogP contribution in [-0.2, 0) is 4.79 Å². The summed E-state index contributed by atoms with van der Waals surface area (Å²) in [4.78, 5) is 13.7. The molecule has 0 atom stereocenters. The lowest BCUT2D eigenvalue weighted by atomic mass is 10.2. The number of anilines is 2. The summed E-state index contributed by atoms with van der Waals surface area (Å²) in [6, 6.07) is 5.48. The fraction of sp³-hybridized carbons (Fsp3) is 0.462. The van der Waals surface area contributed by atoms with Crippen LogP contribution in [0.4, 0.5) is 11.4 Å². The highest BCUT2D eigenvalue weighted by molar-refractivity contribution is 6.31. The molecule has 4 nitrogen and oxygen atoms in total. The van der Waals surface area contributed by atoms with E-state index in [0.717, 1.165) is 24.3 Å². The van der Waals surface area contributed by atoms with Crippen LogP contribution in [0.25, 0.3) is 0 Å². The number of halogens is 3. The van der Waals surface area contributed by atoms with Crippen LogP contribution in [0.2, 0.25) is 5.02 Å². The maximum Gasteiger partial charge on any atom is 0.224 e. The Morgan fingerprint density at radius 2 is 1.95 bits per heavy atom. The Hall–Kier alpha value is -0.680. The quantitative estimate of drug-likeness (QED) is 0.780. The summed E-state index contributed by atoms with van der Waals surface area (Å²) < 4.78 is 0. The zero-order chi connectivity index (χ0) is 13.5. The van der Waals surface area contributed by atoms with Gasteiger partial charge in [-0.05, 0) is 38.2 Å². The zero-order valence-corrected chi connectivity index (χ0v) is 14.3. The van der Waals surface area contributed by atoms with E-state index in [1.807, 2.05) is 38.2 Å². The van der Waals surface area contributed by atoms with Crippen LogP contribution >= 0.6 is 36.4 Å². The van der Waals surface area contributed by atoms with Crippen LogP contribution in [0.5, 0.6) is 0 Å². The van der Waals surface area contributed by atoms with E-state index in [4.69, 9.17) is 11.6 Å². The molecule has 0 bridgehead atoms. The van der Waals surface area contributed by atoms with Gasteiger partial charge in [0.25, 0.3) is 0 Å². The lowest BCUT2D eigenvalue weighted by Crippen LogP contribution is -2.18. The third-order valence-corrected chi connectivity index (χ3v) is 2.78. The first-order chi connectivity index (χ1) is 8.54. The molecule has 0 saturated carbocycles. The van der Waals surface area contributed by atoms with E-state index in [0.29, 0.717) is 11.4 Å². The number of benzene rings is 1. The van der Waals surface area contributed by atoms with E-state index in [1.54, 1.807) is 6.07 Å². The molecule has 1 aromatic rings. The maximum absolute atomic E-state index is 11.8. The predicted octanol–water partition coefficient (Wildman–Crippen LogP) is 3.19. The van der Waals surface area contributed by atoms with Crippen molar-refractivity contribution in [1.29, 1.82) is 0 Å². The minimum absolute atomic E-state index is 0. The highest BCUT2D eigenvalue weighted by atomic mass is 35.5. The van der Waals surface area contributed by atoms with Crippen LogP contribution in [0.1, 0.15) is 12.8 Å². The van der Waals surface area contributed by atoms with Crippen LogP contribution in [0.3, 0.4) is 0 Å². The van der Waals surface area contributed by atoms with Crippen LogP contribution in [0.15, 0.2) is 18.2 Å². The monoisotopic (exact) mass is 341 g/mol. The molecule has 2 N–H and O–H groups in total. The average molecular weight is 343 g/mol. The minimum atomic E-state index is 0. The molecule has 20 heavy (non-hydrogen) atoms. The molecule has 0 aromatic heterocycles. The SMILES string of the molecule is CNCCCC(=O)Nc1cc(Cl)ccc1N(C)C.Cl.Cl. The number of carbonyl (C=O) groups excluding carboxylic acids is 1. The first-order valence-electron chi connectivity index (χ1n) is 5.96. The predicted molar refractivity (Wildman–Crippen MR) is 92.1 cm³/mol. The number of hydrogen-bond donors (Lipinski definition) is 2. The molecule has 0 aliphatic heterocycles. The second-order valence-corrected chi connectivity index (χ2v) is 4.75. The van der Waals surface area contributed by atoms with Crippen LogP contribution in [-0.4, -0.2) is 33.6 Å². The van der Waals surface area contributed by atoms with Gasteiger partial charge in [0.15, 0.2) is 0 Å². The number of amides is 1. The molecule has 7 heteroatoms. The third-order valence-electron chi connectivity index (χ3n) is 2.55. The van der Waals surface area contributed by atoms with Gasteiger partial charge < -0.3 is 15.5 Å². The van der Waals surface area contributed by atoms with Crippen LogP contribution < -0.4 is 15.5 Å². The molecular weight excluding hydrogens is 321 g/mol. The van der Waals surface area contributed by atoms with E-state index in [-0.39, 0.29) is 30.7 Å². The molecule has 1 amide bonds. The van der Waals surface area contributed by atoms with E-state index in [2.05, 4.69) is 10.6 Å². The van der Waals surface area contributed by atoms with Crippen LogP contribution in [0, 0.1) is 0 Å². The van der Waals surface area contributed by atoms with Crippen molar-refractivity contribution in [3.8, 4) is 0 Å². The van der Waals surface area contributed by atoms with Gasteiger partial charge in [0.2, 0.25) is 5.91 Å². The summed E-state index contributed by atoms with van der Waals surface area (Å²) in [5.74, 6) is 0.00983. The molecule has 0 saturated heterocycles. The summed E-state index contributed by atoms with van der Waals surface area (Å²) in [6.07, 6.45) is 1.32. The second-order valence-electron chi connectivity index (χ2n) is 4.31.